The number of rotatable bonds is 1. The van der Waals surface area contributed by atoms with Crippen molar-refractivity contribution < 1.29 is 0 Å². The molecule has 0 heterocycles. The summed E-state index contributed by atoms with van der Waals surface area (Å²) in [5.74, 6) is 0.789. The number of hydrogen-bond donors (Lipinski definition) is 1. The second-order valence-electron chi connectivity index (χ2n) is 6.26. The number of nitrogens with two attached hydrogens (primary N) is 1. The fourth-order valence-electron chi connectivity index (χ4n) is 4.06. The van der Waals surface area contributed by atoms with Crippen LogP contribution in [0.2, 0.25) is 0 Å². The van der Waals surface area contributed by atoms with E-state index in [0.29, 0.717) is 22.9 Å². The van der Waals surface area contributed by atoms with Gasteiger partial charge in [0.2, 0.25) is 0 Å². The largest absolute Gasteiger partial charge is 0.326 e. The van der Waals surface area contributed by atoms with Gasteiger partial charge in [-0.25, -0.2) is 0 Å². The molecule has 2 heteroatoms. The van der Waals surface area contributed by atoms with Gasteiger partial charge in [-0.1, -0.05) is 20.8 Å². The van der Waals surface area contributed by atoms with Crippen molar-refractivity contribution in [1.29, 1.82) is 0 Å². The summed E-state index contributed by atoms with van der Waals surface area (Å²) >= 11 is 0. The fraction of sp³-hybridized carbons (Fsp3) is 1.00. The normalized spacial score (nSPS) is 50.4. The van der Waals surface area contributed by atoms with Crippen molar-refractivity contribution in [2.75, 3.05) is 14.1 Å². The van der Waals surface area contributed by atoms with Crippen LogP contribution in [0.1, 0.15) is 33.6 Å². The van der Waals surface area contributed by atoms with Gasteiger partial charge in [-0.15, -0.1) is 0 Å². The summed E-state index contributed by atoms with van der Waals surface area (Å²) in [5, 5.41) is 0. The summed E-state index contributed by atoms with van der Waals surface area (Å²) in [4.78, 5) is 2.33. The van der Waals surface area contributed by atoms with Crippen molar-refractivity contribution in [2.45, 2.75) is 45.7 Å². The number of nitrogens with zero attached hydrogens (tertiary/aromatic N) is 1. The van der Waals surface area contributed by atoms with Gasteiger partial charge in [0.1, 0.15) is 0 Å². The van der Waals surface area contributed by atoms with Gasteiger partial charge in [0.05, 0.1) is 0 Å². The van der Waals surface area contributed by atoms with Gasteiger partial charge in [0.15, 0.2) is 0 Å². The zero-order valence-corrected chi connectivity index (χ0v) is 10.2. The second kappa shape index (κ2) is 2.73. The van der Waals surface area contributed by atoms with Crippen LogP contribution in [0.3, 0.4) is 0 Å². The highest BCUT2D eigenvalue weighted by atomic mass is 15.2. The third-order valence-electron chi connectivity index (χ3n) is 5.49. The van der Waals surface area contributed by atoms with Crippen LogP contribution >= 0.6 is 0 Å². The average Bonchev–Trinajstić information content (AvgIpc) is 2.35. The first-order chi connectivity index (χ1) is 6.32. The van der Waals surface area contributed by atoms with Gasteiger partial charge in [0, 0.05) is 12.1 Å². The van der Waals surface area contributed by atoms with E-state index in [1.807, 2.05) is 0 Å². The van der Waals surface area contributed by atoms with Crippen LogP contribution in [0, 0.1) is 16.7 Å². The molecule has 2 aliphatic rings. The Hall–Kier alpha value is -0.0800. The fourth-order valence-corrected chi connectivity index (χ4v) is 4.06. The summed E-state index contributed by atoms with van der Waals surface area (Å²) in [6.07, 6.45) is 2.68. The van der Waals surface area contributed by atoms with Crippen molar-refractivity contribution >= 4 is 0 Å². The standard InChI is InChI=1S/C12H24N2/c1-11(2)8-6-7-12(11,3)10(13)9(8)14(4)5/h8-10H,6-7,13H2,1-5H3/t8?,9-,10-,12?/m1/s1. The van der Waals surface area contributed by atoms with Crippen molar-refractivity contribution in [1.82, 2.24) is 4.90 Å². The van der Waals surface area contributed by atoms with Gasteiger partial charge >= 0.3 is 0 Å². The van der Waals surface area contributed by atoms with E-state index < -0.39 is 0 Å². The third-order valence-corrected chi connectivity index (χ3v) is 5.49. The Balaban J connectivity index is 2.39. The minimum absolute atomic E-state index is 0.353. The zero-order valence-electron chi connectivity index (χ0n) is 10.2. The van der Waals surface area contributed by atoms with Crippen LogP contribution in [0.25, 0.3) is 0 Å². The van der Waals surface area contributed by atoms with Gasteiger partial charge in [-0.3, -0.25) is 0 Å². The first-order valence-electron chi connectivity index (χ1n) is 5.74. The molecular weight excluding hydrogens is 172 g/mol. The maximum Gasteiger partial charge on any atom is 0.0280 e. The van der Waals surface area contributed by atoms with Gasteiger partial charge in [-0.2, -0.15) is 0 Å². The molecule has 0 aliphatic heterocycles. The molecule has 2 aliphatic carbocycles. The molecule has 2 unspecified atom stereocenters. The molecule has 2 nitrogen and oxygen atoms in total. The van der Waals surface area contributed by atoms with E-state index in [1.54, 1.807) is 0 Å². The van der Waals surface area contributed by atoms with Crippen molar-refractivity contribution in [3.8, 4) is 0 Å². The van der Waals surface area contributed by atoms with Gasteiger partial charge < -0.3 is 10.6 Å². The van der Waals surface area contributed by atoms with Crippen LogP contribution in [0.15, 0.2) is 0 Å². The summed E-state index contributed by atoms with van der Waals surface area (Å²) in [6.45, 7) is 7.21. The molecule has 2 fully saturated rings. The number of hydrogen-bond acceptors (Lipinski definition) is 2. The lowest BCUT2D eigenvalue weighted by atomic mass is 9.69. The predicted molar refractivity (Wildman–Crippen MR) is 60.1 cm³/mol. The lowest BCUT2D eigenvalue weighted by Gasteiger charge is -2.39. The predicted octanol–water partition coefficient (Wildman–Crippen LogP) is 1.70. The molecule has 2 bridgehead atoms. The number of fused-ring (bicyclic) bond motifs is 2. The summed E-state index contributed by atoms with van der Waals surface area (Å²) in [7, 11) is 4.34. The molecule has 0 aromatic carbocycles. The van der Waals surface area contributed by atoms with Crippen molar-refractivity contribution in [2.24, 2.45) is 22.5 Å². The molecule has 0 aromatic rings. The summed E-state index contributed by atoms with van der Waals surface area (Å²) < 4.78 is 0. The quantitative estimate of drug-likeness (QED) is 0.691. The Morgan fingerprint density at radius 2 is 1.79 bits per heavy atom. The highest BCUT2D eigenvalue weighted by Crippen LogP contribution is 2.65. The van der Waals surface area contributed by atoms with Crippen molar-refractivity contribution in [3.63, 3.8) is 0 Å². The van der Waals surface area contributed by atoms with E-state index in [4.69, 9.17) is 5.73 Å². The Morgan fingerprint density at radius 3 is 2.07 bits per heavy atom. The van der Waals surface area contributed by atoms with Crippen LogP contribution in [0.5, 0.6) is 0 Å². The molecule has 82 valence electrons. The minimum atomic E-state index is 0.353. The molecule has 2 N–H and O–H groups in total. The Labute approximate surface area is 87.8 Å². The van der Waals surface area contributed by atoms with E-state index in [-0.39, 0.29) is 0 Å². The summed E-state index contributed by atoms with van der Waals surface area (Å²) in [6, 6.07) is 0.940. The van der Waals surface area contributed by atoms with Crippen LogP contribution in [-0.2, 0) is 0 Å². The van der Waals surface area contributed by atoms with E-state index in [1.165, 1.54) is 12.8 Å². The Kier molecular flexibility index (Phi) is 2.04. The van der Waals surface area contributed by atoms with Gasteiger partial charge in [0.25, 0.3) is 0 Å². The maximum atomic E-state index is 6.43. The Morgan fingerprint density at radius 1 is 1.21 bits per heavy atom. The van der Waals surface area contributed by atoms with Crippen LogP contribution in [0.4, 0.5) is 0 Å². The van der Waals surface area contributed by atoms with E-state index >= 15 is 0 Å². The molecule has 2 saturated carbocycles. The zero-order chi connectivity index (χ0) is 10.7. The topological polar surface area (TPSA) is 29.3 Å². The highest BCUT2D eigenvalue weighted by molar-refractivity contribution is 5.18. The molecule has 14 heavy (non-hydrogen) atoms. The van der Waals surface area contributed by atoms with E-state index in [0.717, 1.165) is 5.92 Å². The third kappa shape index (κ3) is 0.938. The molecule has 0 amide bonds. The molecule has 0 aromatic heterocycles. The molecular formula is C12H24N2. The summed E-state index contributed by atoms with van der Waals surface area (Å²) in [5.41, 5.74) is 7.21. The lowest BCUT2D eigenvalue weighted by molar-refractivity contribution is 0.133. The van der Waals surface area contributed by atoms with Crippen LogP contribution < -0.4 is 5.73 Å². The van der Waals surface area contributed by atoms with E-state index in [9.17, 15) is 0 Å². The minimum Gasteiger partial charge on any atom is -0.326 e. The molecule has 0 saturated heterocycles. The first-order valence-corrected chi connectivity index (χ1v) is 5.74. The molecule has 4 atom stereocenters. The average molecular weight is 196 g/mol. The monoisotopic (exact) mass is 196 g/mol. The maximum absolute atomic E-state index is 6.43. The lowest BCUT2D eigenvalue weighted by Crippen LogP contribution is -2.51. The molecule has 2 rings (SSSR count). The second-order valence-corrected chi connectivity index (χ2v) is 6.26. The molecule has 0 spiro atoms. The van der Waals surface area contributed by atoms with Crippen molar-refractivity contribution in [3.05, 3.63) is 0 Å². The highest BCUT2D eigenvalue weighted by Gasteiger charge is 2.65. The smallest absolute Gasteiger partial charge is 0.0280 e. The SMILES string of the molecule is CN(C)[C@@H]1C2CCC(C)([C@@H]1N)C2(C)C. The number of likely N-dealkylation sites (N-methyl/N-ethyl adjacent to an activating group) is 1. The first kappa shape index (κ1) is 10.4. The molecule has 0 radical (unpaired) electrons. The van der Waals surface area contributed by atoms with Crippen LogP contribution in [-0.4, -0.2) is 31.1 Å². The Bertz CT molecular complexity index is 247. The van der Waals surface area contributed by atoms with E-state index in [2.05, 4.69) is 39.8 Å². The van der Waals surface area contributed by atoms with Gasteiger partial charge in [-0.05, 0) is 43.7 Å².